The van der Waals surface area contributed by atoms with Crippen LogP contribution in [-0.4, -0.2) is 17.5 Å². The number of ether oxygens (including phenoxy) is 1. The molecule has 0 heterocycles. The van der Waals surface area contributed by atoms with E-state index in [1.165, 1.54) is 0 Å². The summed E-state index contributed by atoms with van der Waals surface area (Å²) in [5.74, 6) is 0.690. The summed E-state index contributed by atoms with van der Waals surface area (Å²) < 4.78 is 4.99. The molecule has 1 unspecified atom stereocenters. The maximum absolute atomic E-state index is 9.50. The number of rotatable bonds is 3. The molecule has 0 bridgehead atoms. The van der Waals surface area contributed by atoms with E-state index in [0.29, 0.717) is 21.7 Å². The molecule has 1 aromatic rings. The van der Waals surface area contributed by atoms with E-state index >= 15 is 0 Å². The van der Waals surface area contributed by atoms with Crippen LogP contribution in [0.4, 0.5) is 0 Å². The Hall–Kier alpha value is -0.250. The van der Waals surface area contributed by atoms with Crippen LogP contribution in [0, 0.1) is 0 Å². The standard InChI is InChI=1S/C9H10BrClO2/c1-13-6-2-3-7(8(11)4-6)9(12)5-10/h2-4,9,12H,5H2,1H3. The molecule has 0 aromatic heterocycles. The summed E-state index contributed by atoms with van der Waals surface area (Å²) in [5, 5.41) is 10.5. The fraction of sp³-hybridized carbons (Fsp3) is 0.333. The van der Waals surface area contributed by atoms with Crippen molar-refractivity contribution in [3.8, 4) is 5.75 Å². The monoisotopic (exact) mass is 264 g/mol. The van der Waals surface area contributed by atoms with Gasteiger partial charge in [-0.25, -0.2) is 0 Å². The Labute approximate surface area is 90.6 Å². The minimum absolute atomic E-state index is 0.471. The van der Waals surface area contributed by atoms with Crippen LogP contribution in [0.3, 0.4) is 0 Å². The van der Waals surface area contributed by atoms with Crippen LogP contribution >= 0.6 is 27.5 Å². The Morgan fingerprint density at radius 1 is 1.62 bits per heavy atom. The summed E-state index contributed by atoms with van der Waals surface area (Å²) >= 11 is 9.10. The third kappa shape index (κ3) is 2.59. The fourth-order valence-electron chi connectivity index (χ4n) is 0.988. The SMILES string of the molecule is COc1ccc(C(O)CBr)c(Cl)c1. The Kier molecular flexibility index (Phi) is 4.03. The molecular formula is C9H10BrClO2. The second-order valence-corrected chi connectivity index (χ2v) is 3.61. The Balaban J connectivity index is 2.98. The lowest BCUT2D eigenvalue weighted by Crippen LogP contribution is -1.99. The lowest BCUT2D eigenvalue weighted by molar-refractivity contribution is 0.205. The molecule has 1 aromatic carbocycles. The van der Waals surface area contributed by atoms with Gasteiger partial charge in [-0.1, -0.05) is 33.6 Å². The fourth-order valence-corrected chi connectivity index (χ4v) is 1.63. The van der Waals surface area contributed by atoms with Gasteiger partial charge in [0.1, 0.15) is 5.75 Å². The summed E-state index contributed by atoms with van der Waals surface area (Å²) in [7, 11) is 1.58. The number of hydrogen-bond acceptors (Lipinski definition) is 2. The van der Waals surface area contributed by atoms with E-state index in [-0.39, 0.29) is 0 Å². The number of halogens is 2. The van der Waals surface area contributed by atoms with Gasteiger partial charge in [-0.2, -0.15) is 0 Å². The van der Waals surface area contributed by atoms with Crippen LogP contribution in [0.5, 0.6) is 5.75 Å². The van der Waals surface area contributed by atoms with Gasteiger partial charge in [-0.15, -0.1) is 0 Å². The molecule has 1 N–H and O–H groups in total. The van der Waals surface area contributed by atoms with Crippen molar-refractivity contribution in [1.29, 1.82) is 0 Å². The molecule has 0 saturated heterocycles. The van der Waals surface area contributed by atoms with Gasteiger partial charge < -0.3 is 9.84 Å². The molecule has 0 fully saturated rings. The highest BCUT2D eigenvalue weighted by Gasteiger charge is 2.10. The minimum atomic E-state index is -0.571. The molecule has 4 heteroatoms. The van der Waals surface area contributed by atoms with E-state index in [1.807, 2.05) is 0 Å². The van der Waals surface area contributed by atoms with Gasteiger partial charge in [-0.05, 0) is 12.1 Å². The topological polar surface area (TPSA) is 29.5 Å². The summed E-state index contributed by atoms with van der Waals surface area (Å²) in [5.41, 5.74) is 0.708. The normalized spacial score (nSPS) is 12.6. The largest absolute Gasteiger partial charge is 0.497 e. The highest BCUT2D eigenvalue weighted by molar-refractivity contribution is 9.09. The molecule has 1 atom stereocenters. The van der Waals surface area contributed by atoms with Crippen molar-refractivity contribution < 1.29 is 9.84 Å². The Morgan fingerprint density at radius 3 is 2.77 bits per heavy atom. The number of aliphatic hydroxyl groups excluding tert-OH is 1. The molecular weight excluding hydrogens is 255 g/mol. The number of hydrogen-bond donors (Lipinski definition) is 1. The molecule has 1 rings (SSSR count). The first-order chi connectivity index (χ1) is 6.19. The summed E-state index contributed by atoms with van der Waals surface area (Å²) in [4.78, 5) is 0. The van der Waals surface area contributed by atoms with Crippen LogP contribution in [0.1, 0.15) is 11.7 Å². The highest BCUT2D eigenvalue weighted by atomic mass is 79.9. The molecule has 2 nitrogen and oxygen atoms in total. The van der Waals surface area contributed by atoms with Crippen LogP contribution < -0.4 is 4.74 Å². The quantitative estimate of drug-likeness (QED) is 0.852. The van der Waals surface area contributed by atoms with E-state index in [0.717, 1.165) is 0 Å². The second-order valence-electron chi connectivity index (χ2n) is 2.56. The molecule has 0 aliphatic carbocycles. The molecule has 72 valence electrons. The maximum Gasteiger partial charge on any atom is 0.120 e. The average Bonchev–Trinajstić information content (AvgIpc) is 2.16. The zero-order chi connectivity index (χ0) is 9.84. The van der Waals surface area contributed by atoms with Crippen molar-refractivity contribution in [1.82, 2.24) is 0 Å². The minimum Gasteiger partial charge on any atom is -0.497 e. The van der Waals surface area contributed by atoms with Crippen molar-refractivity contribution in [2.45, 2.75) is 6.10 Å². The van der Waals surface area contributed by atoms with Crippen LogP contribution in [0.25, 0.3) is 0 Å². The molecule has 0 amide bonds. The lowest BCUT2D eigenvalue weighted by Gasteiger charge is -2.10. The van der Waals surface area contributed by atoms with Crippen molar-refractivity contribution >= 4 is 27.5 Å². The number of benzene rings is 1. The van der Waals surface area contributed by atoms with Crippen LogP contribution in [0.2, 0.25) is 5.02 Å². The van der Waals surface area contributed by atoms with E-state index < -0.39 is 6.10 Å². The van der Waals surface area contributed by atoms with Gasteiger partial charge in [0.2, 0.25) is 0 Å². The van der Waals surface area contributed by atoms with Gasteiger partial charge in [0, 0.05) is 10.9 Å². The van der Waals surface area contributed by atoms with Crippen molar-refractivity contribution in [3.05, 3.63) is 28.8 Å². The molecule has 0 saturated carbocycles. The van der Waals surface area contributed by atoms with Gasteiger partial charge in [-0.3, -0.25) is 0 Å². The number of aliphatic hydroxyl groups is 1. The molecule has 0 aliphatic heterocycles. The molecule has 0 aliphatic rings. The number of methoxy groups -OCH3 is 1. The molecule has 0 spiro atoms. The zero-order valence-electron chi connectivity index (χ0n) is 7.13. The smallest absolute Gasteiger partial charge is 0.120 e. The first-order valence-electron chi connectivity index (χ1n) is 3.76. The second kappa shape index (κ2) is 4.84. The third-order valence-corrected chi connectivity index (χ3v) is 2.65. The van der Waals surface area contributed by atoms with Gasteiger partial charge in [0.15, 0.2) is 0 Å². The molecule has 0 radical (unpaired) electrons. The first kappa shape index (κ1) is 10.8. The molecule has 13 heavy (non-hydrogen) atoms. The maximum atomic E-state index is 9.50. The summed E-state index contributed by atoms with van der Waals surface area (Å²) in [6.45, 7) is 0. The Morgan fingerprint density at radius 2 is 2.31 bits per heavy atom. The number of alkyl halides is 1. The lowest BCUT2D eigenvalue weighted by atomic mass is 10.1. The Bertz CT molecular complexity index is 291. The predicted molar refractivity (Wildman–Crippen MR) is 56.8 cm³/mol. The van der Waals surface area contributed by atoms with Crippen molar-refractivity contribution in [2.24, 2.45) is 0 Å². The van der Waals surface area contributed by atoms with Crippen molar-refractivity contribution in [2.75, 3.05) is 12.4 Å². The summed E-state index contributed by atoms with van der Waals surface area (Å²) in [6.07, 6.45) is -0.571. The van der Waals surface area contributed by atoms with Gasteiger partial charge in [0.05, 0.1) is 18.2 Å². The highest BCUT2D eigenvalue weighted by Crippen LogP contribution is 2.27. The average molecular weight is 266 g/mol. The van der Waals surface area contributed by atoms with E-state index in [9.17, 15) is 5.11 Å². The summed E-state index contributed by atoms with van der Waals surface area (Å²) in [6, 6.07) is 5.21. The first-order valence-corrected chi connectivity index (χ1v) is 5.26. The van der Waals surface area contributed by atoms with E-state index in [1.54, 1.807) is 25.3 Å². The van der Waals surface area contributed by atoms with Gasteiger partial charge in [0.25, 0.3) is 0 Å². The van der Waals surface area contributed by atoms with Gasteiger partial charge >= 0.3 is 0 Å². The third-order valence-electron chi connectivity index (χ3n) is 1.71. The van der Waals surface area contributed by atoms with Crippen LogP contribution in [0.15, 0.2) is 18.2 Å². The zero-order valence-corrected chi connectivity index (χ0v) is 9.47. The van der Waals surface area contributed by atoms with Crippen molar-refractivity contribution in [3.63, 3.8) is 0 Å². The van der Waals surface area contributed by atoms with Crippen LogP contribution in [-0.2, 0) is 0 Å². The van der Waals surface area contributed by atoms with E-state index in [4.69, 9.17) is 16.3 Å². The van der Waals surface area contributed by atoms with E-state index in [2.05, 4.69) is 15.9 Å². The predicted octanol–water partition coefficient (Wildman–Crippen LogP) is 2.78.